The Bertz CT molecular complexity index is 890. The number of aromatic nitrogens is 5. The van der Waals surface area contributed by atoms with Crippen molar-refractivity contribution in [1.82, 2.24) is 30.1 Å². The van der Waals surface area contributed by atoms with Crippen LogP contribution in [-0.4, -0.2) is 30.7 Å². The van der Waals surface area contributed by atoms with E-state index < -0.39 is 0 Å². The highest BCUT2D eigenvalue weighted by molar-refractivity contribution is 7.16. The minimum Gasteiger partial charge on any atom is -0.347 e. The lowest BCUT2D eigenvalue weighted by atomic mass is 10.0. The van der Waals surface area contributed by atoms with Crippen LogP contribution in [0.15, 0.2) is 0 Å². The van der Waals surface area contributed by atoms with E-state index in [9.17, 15) is 4.79 Å². The molecule has 3 heterocycles. The van der Waals surface area contributed by atoms with Gasteiger partial charge in [-0.3, -0.25) is 4.79 Å². The first kappa shape index (κ1) is 18.9. The van der Waals surface area contributed by atoms with Gasteiger partial charge in [0.1, 0.15) is 10.0 Å². The average Bonchev–Trinajstić information content (AvgIpc) is 3.22. The number of fused-ring (bicyclic) bond motifs is 1. The Hall–Kier alpha value is -1.87. The van der Waals surface area contributed by atoms with Gasteiger partial charge in [0, 0.05) is 17.7 Å². The van der Waals surface area contributed by atoms with Gasteiger partial charge in [0.05, 0.1) is 11.7 Å². The minimum atomic E-state index is -0.0278. The van der Waals surface area contributed by atoms with Crippen molar-refractivity contribution < 1.29 is 4.79 Å². The molecule has 140 valence electrons. The summed E-state index contributed by atoms with van der Waals surface area (Å²) in [7, 11) is 0. The molecule has 1 unspecified atom stereocenters. The molecule has 9 heteroatoms. The Morgan fingerprint density at radius 3 is 2.58 bits per heavy atom. The lowest BCUT2D eigenvalue weighted by Crippen LogP contribution is -2.29. The predicted octanol–water partition coefficient (Wildman–Crippen LogP) is 3.40. The Kier molecular flexibility index (Phi) is 5.67. The lowest BCUT2D eigenvalue weighted by Gasteiger charge is -2.18. The first-order valence-electron chi connectivity index (χ1n) is 8.74. The molecule has 0 aliphatic heterocycles. The average molecular weight is 393 g/mol. The second-order valence-electron chi connectivity index (χ2n) is 6.88. The van der Waals surface area contributed by atoms with E-state index >= 15 is 0 Å². The zero-order chi connectivity index (χ0) is 18.8. The van der Waals surface area contributed by atoms with Gasteiger partial charge in [0.25, 0.3) is 0 Å². The molecule has 0 saturated heterocycles. The topological polar surface area (TPSA) is 85.1 Å². The Morgan fingerprint density at radius 2 is 1.96 bits per heavy atom. The first-order valence-corrected chi connectivity index (χ1v) is 10.4. The van der Waals surface area contributed by atoms with Crippen LogP contribution in [0.25, 0.3) is 4.96 Å². The van der Waals surface area contributed by atoms with Crippen molar-refractivity contribution in [3.63, 3.8) is 0 Å². The van der Waals surface area contributed by atoms with Crippen molar-refractivity contribution in [2.45, 2.75) is 59.9 Å². The molecule has 0 bridgehead atoms. The second kappa shape index (κ2) is 7.79. The standard InChI is InChI=1S/C17H24N6OS2/c1-9(2)8-13(16-18-10(3)11(4)25-16)19-14(24)6-7-15-22-23-12(5)20-21-17(23)26-15/h9,13H,6-8H2,1-5H3,(H,19,24). The normalized spacial score (nSPS) is 12.8. The third-order valence-electron chi connectivity index (χ3n) is 4.14. The van der Waals surface area contributed by atoms with Gasteiger partial charge < -0.3 is 5.32 Å². The largest absolute Gasteiger partial charge is 0.347 e. The van der Waals surface area contributed by atoms with E-state index in [1.807, 2.05) is 13.8 Å². The van der Waals surface area contributed by atoms with E-state index in [2.05, 4.69) is 46.4 Å². The van der Waals surface area contributed by atoms with Crippen molar-refractivity contribution in [3.05, 3.63) is 26.4 Å². The van der Waals surface area contributed by atoms with E-state index in [-0.39, 0.29) is 11.9 Å². The summed E-state index contributed by atoms with van der Waals surface area (Å²) in [4.78, 5) is 19.1. The van der Waals surface area contributed by atoms with Crippen LogP contribution in [0.3, 0.4) is 0 Å². The maximum Gasteiger partial charge on any atom is 0.234 e. The van der Waals surface area contributed by atoms with Crippen LogP contribution in [0.5, 0.6) is 0 Å². The molecule has 26 heavy (non-hydrogen) atoms. The molecule has 3 aromatic heterocycles. The number of hydrogen-bond acceptors (Lipinski definition) is 7. The van der Waals surface area contributed by atoms with Gasteiger partial charge >= 0.3 is 0 Å². The highest BCUT2D eigenvalue weighted by Gasteiger charge is 2.20. The molecule has 1 N–H and O–H groups in total. The van der Waals surface area contributed by atoms with Crippen LogP contribution >= 0.6 is 22.7 Å². The number of hydrogen-bond donors (Lipinski definition) is 1. The van der Waals surface area contributed by atoms with Crippen molar-refractivity contribution >= 4 is 33.5 Å². The summed E-state index contributed by atoms with van der Waals surface area (Å²) in [5.74, 6) is 1.27. The van der Waals surface area contributed by atoms with Crippen molar-refractivity contribution in [1.29, 1.82) is 0 Å². The van der Waals surface area contributed by atoms with Gasteiger partial charge in [-0.05, 0) is 33.1 Å². The van der Waals surface area contributed by atoms with Crippen molar-refractivity contribution in [2.75, 3.05) is 0 Å². The Labute approximate surface area is 160 Å². The molecule has 0 aliphatic rings. The van der Waals surface area contributed by atoms with Crippen LogP contribution in [0, 0.1) is 26.7 Å². The van der Waals surface area contributed by atoms with E-state index in [1.165, 1.54) is 16.2 Å². The molecule has 1 amide bonds. The summed E-state index contributed by atoms with van der Waals surface area (Å²) in [5.41, 5.74) is 1.04. The monoisotopic (exact) mass is 392 g/mol. The van der Waals surface area contributed by atoms with Gasteiger partial charge in [0.2, 0.25) is 10.9 Å². The highest BCUT2D eigenvalue weighted by atomic mass is 32.1. The summed E-state index contributed by atoms with van der Waals surface area (Å²) in [5, 5.41) is 17.6. The van der Waals surface area contributed by atoms with Crippen molar-refractivity contribution in [3.8, 4) is 0 Å². The molecule has 0 aromatic carbocycles. The van der Waals surface area contributed by atoms with Crippen LogP contribution in [0.1, 0.15) is 59.1 Å². The first-order chi connectivity index (χ1) is 12.3. The van der Waals surface area contributed by atoms with Crippen LogP contribution in [0.2, 0.25) is 0 Å². The summed E-state index contributed by atoms with van der Waals surface area (Å²) < 4.78 is 1.72. The molecule has 0 aliphatic carbocycles. The smallest absolute Gasteiger partial charge is 0.234 e. The van der Waals surface area contributed by atoms with Crippen molar-refractivity contribution in [2.24, 2.45) is 5.92 Å². The molecule has 0 radical (unpaired) electrons. The number of nitrogens with one attached hydrogen (secondary N) is 1. The summed E-state index contributed by atoms with van der Waals surface area (Å²) >= 11 is 3.15. The number of carbonyl (C=O) groups excluding carboxylic acids is 1. The number of carbonyl (C=O) groups is 1. The SMILES string of the molecule is Cc1nc(C(CC(C)C)NC(=O)CCc2nn3c(C)nnc3s2)sc1C. The molecule has 7 nitrogen and oxygen atoms in total. The summed E-state index contributed by atoms with van der Waals surface area (Å²) in [6.07, 6.45) is 1.89. The molecule has 3 rings (SSSR count). The third-order valence-corrected chi connectivity index (χ3v) is 6.29. The van der Waals surface area contributed by atoms with E-state index in [4.69, 9.17) is 0 Å². The molecule has 0 saturated carbocycles. The zero-order valence-corrected chi connectivity index (χ0v) is 17.4. The highest BCUT2D eigenvalue weighted by Crippen LogP contribution is 2.27. The van der Waals surface area contributed by atoms with E-state index in [0.29, 0.717) is 18.8 Å². The van der Waals surface area contributed by atoms with Gasteiger partial charge in [-0.15, -0.1) is 21.5 Å². The number of rotatable bonds is 7. The molecular formula is C17H24N6OS2. The minimum absolute atomic E-state index is 0.0278. The maximum atomic E-state index is 12.5. The van der Waals surface area contributed by atoms with Gasteiger partial charge in [-0.25, -0.2) is 4.98 Å². The molecule has 0 fully saturated rings. The number of nitrogens with zero attached hydrogens (tertiary/aromatic N) is 5. The fourth-order valence-corrected chi connectivity index (χ4v) is 4.55. The van der Waals surface area contributed by atoms with E-state index in [0.717, 1.165) is 32.9 Å². The van der Waals surface area contributed by atoms with E-state index in [1.54, 1.807) is 15.9 Å². The summed E-state index contributed by atoms with van der Waals surface area (Å²) in [6.45, 7) is 10.3. The number of aryl methyl sites for hydroxylation is 4. The predicted molar refractivity (Wildman–Crippen MR) is 104 cm³/mol. The second-order valence-corrected chi connectivity index (χ2v) is 9.16. The number of amides is 1. The van der Waals surface area contributed by atoms with Gasteiger partial charge in [-0.1, -0.05) is 25.2 Å². The molecular weight excluding hydrogens is 368 g/mol. The molecule has 3 aromatic rings. The van der Waals surface area contributed by atoms with Crippen LogP contribution in [-0.2, 0) is 11.2 Å². The van der Waals surface area contributed by atoms with Gasteiger partial charge in [0.15, 0.2) is 5.82 Å². The Morgan fingerprint density at radius 1 is 1.19 bits per heavy atom. The Balaban J connectivity index is 1.63. The molecule has 1 atom stereocenters. The third kappa shape index (κ3) is 4.27. The number of thiazole rings is 1. The zero-order valence-electron chi connectivity index (χ0n) is 15.7. The summed E-state index contributed by atoms with van der Waals surface area (Å²) in [6, 6.07) is -0.0278. The van der Waals surface area contributed by atoms with Crippen LogP contribution in [0.4, 0.5) is 0 Å². The lowest BCUT2D eigenvalue weighted by molar-refractivity contribution is -0.121. The quantitative estimate of drug-likeness (QED) is 0.666. The fourth-order valence-electron chi connectivity index (χ4n) is 2.68. The maximum absolute atomic E-state index is 12.5. The van der Waals surface area contributed by atoms with Gasteiger partial charge in [-0.2, -0.15) is 9.61 Å². The molecule has 0 spiro atoms. The fraction of sp³-hybridized carbons (Fsp3) is 0.588. The van der Waals surface area contributed by atoms with Crippen LogP contribution < -0.4 is 5.32 Å².